The average Bonchev–Trinajstić information content (AvgIpc) is 3.09. The molecule has 8 nitrogen and oxygen atoms in total. The van der Waals surface area contributed by atoms with Gasteiger partial charge in [-0.2, -0.15) is 5.10 Å². The molecule has 2 aromatic heterocycles. The van der Waals surface area contributed by atoms with Crippen LogP contribution in [0.3, 0.4) is 0 Å². The van der Waals surface area contributed by atoms with Gasteiger partial charge in [0.2, 0.25) is 0 Å². The number of hydrogen-bond acceptors (Lipinski definition) is 5. The van der Waals surface area contributed by atoms with Crippen LogP contribution < -0.4 is 0 Å². The summed E-state index contributed by atoms with van der Waals surface area (Å²) >= 11 is 0. The summed E-state index contributed by atoms with van der Waals surface area (Å²) in [6, 6.07) is 0. The summed E-state index contributed by atoms with van der Waals surface area (Å²) in [5.41, 5.74) is 1.08. The number of aromatic carboxylic acids is 1. The molecule has 0 bridgehead atoms. The molecule has 0 saturated carbocycles. The molecule has 8 heteroatoms. The van der Waals surface area contributed by atoms with Crippen LogP contribution in [0.4, 0.5) is 0 Å². The molecule has 0 atom stereocenters. The lowest BCUT2D eigenvalue weighted by Crippen LogP contribution is -2.10. The maximum atomic E-state index is 11.3. The van der Waals surface area contributed by atoms with Gasteiger partial charge in [-0.25, -0.2) is 9.48 Å². The zero-order valence-corrected chi connectivity index (χ0v) is 12.2. The van der Waals surface area contributed by atoms with Gasteiger partial charge in [0.15, 0.2) is 5.69 Å². The van der Waals surface area contributed by atoms with Crippen LogP contribution in [-0.2, 0) is 17.8 Å². The second-order valence-corrected chi connectivity index (χ2v) is 4.51. The predicted octanol–water partition coefficient (Wildman–Crippen LogP) is 1.29. The number of carboxylic acid groups (broad SMARTS) is 1. The monoisotopic (exact) mass is 293 g/mol. The molecule has 0 fully saturated rings. The Kier molecular flexibility index (Phi) is 5.04. The smallest absolute Gasteiger partial charge is 0.358 e. The summed E-state index contributed by atoms with van der Waals surface area (Å²) in [5, 5.41) is 21.1. The Balaban J connectivity index is 2.26. The van der Waals surface area contributed by atoms with Crippen molar-refractivity contribution in [2.75, 3.05) is 13.2 Å². The van der Waals surface area contributed by atoms with Crippen LogP contribution in [0, 0.1) is 0 Å². The fourth-order valence-corrected chi connectivity index (χ4v) is 1.96. The number of aryl methyl sites for hydroxylation is 1. The lowest BCUT2D eigenvalue weighted by molar-refractivity contribution is 0.0691. The quantitative estimate of drug-likeness (QED) is 0.737. The van der Waals surface area contributed by atoms with Crippen molar-refractivity contribution in [3.63, 3.8) is 0 Å². The van der Waals surface area contributed by atoms with Crippen molar-refractivity contribution >= 4 is 5.97 Å². The first kappa shape index (κ1) is 15.2. The van der Waals surface area contributed by atoms with Crippen molar-refractivity contribution in [1.29, 1.82) is 0 Å². The van der Waals surface area contributed by atoms with E-state index in [0.29, 0.717) is 37.6 Å². The van der Waals surface area contributed by atoms with E-state index in [2.05, 4.69) is 15.4 Å². The number of ether oxygens (including phenoxy) is 1. The fourth-order valence-electron chi connectivity index (χ4n) is 1.96. The molecule has 1 N–H and O–H groups in total. The Morgan fingerprint density at radius 3 is 2.81 bits per heavy atom. The lowest BCUT2D eigenvalue weighted by atomic mass is 10.2. The summed E-state index contributed by atoms with van der Waals surface area (Å²) < 4.78 is 8.70. The van der Waals surface area contributed by atoms with Crippen LogP contribution in [0.2, 0.25) is 0 Å². The minimum absolute atomic E-state index is 0.0684. The SMILES string of the molecule is CCCOCCn1nnc(C(=O)O)c1-c1cnn(CC)c1. The van der Waals surface area contributed by atoms with Gasteiger partial charge >= 0.3 is 5.97 Å². The summed E-state index contributed by atoms with van der Waals surface area (Å²) in [6.45, 7) is 6.29. The zero-order chi connectivity index (χ0) is 15.2. The highest BCUT2D eigenvalue weighted by Gasteiger charge is 2.21. The molecule has 21 heavy (non-hydrogen) atoms. The Bertz CT molecular complexity index is 605. The zero-order valence-electron chi connectivity index (χ0n) is 12.2. The molecule has 114 valence electrons. The van der Waals surface area contributed by atoms with E-state index in [1.165, 1.54) is 0 Å². The molecule has 0 unspecified atom stereocenters. The molecule has 0 aliphatic carbocycles. The minimum Gasteiger partial charge on any atom is -0.476 e. The fraction of sp³-hybridized carbons (Fsp3) is 0.538. The standard InChI is InChI=1S/C13H19N5O3/c1-3-6-21-7-5-18-12(11(13(19)20)15-16-18)10-8-14-17(4-2)9-10/h8-9H,3-7H2,1-2H3,(H,19,20). The third-order valence-electron chi connectivity index (χ3n) is 2.96. The highest BCUT2D eigenvalue weighted by molar-refractivity contribution is 5.92. The predicted molar refractivity (Wildman–Crippen MR) is 75.0 cm³/mol. The molecule has 2 heterocycles. The molecule has 0 spiro atoms. The molecule has 2 rings (SSSR count). The largest absolute Gasteiger partial charge is 0.476 e. The van der Waals surface area contributed by atoms with E-state index in [-0.39, 0.29) is 5.69 Å². The number of hydrogen-bond donors (Lipinski definition) is 1. The van der Waals surface area contributed by atoms with Crippen LogP contribution >= 0.6 is 0 Å². The van der Waals surface area contributed by atoms with Crippen molar-refractivity contribution < 1.29 is 14.6 Å². The van der Waals surface area contributed by atoms with Crippen molar-refractivity contribution in [1.82, 2.24) is 24.8 Å². The topological polar surface area (TPSA) is 95.1 Å². The van der Waals surface area contributed by atoms with Gasteiger partial charge in [0, 0.05) is 24.9 Å². The van der Waals surface area contributed by atoms with E-state index < -0.39 is 5.97 Å². The molecule has 0 radical (unpaired) electrons. The van der Waals surface area contributed by atoms with Gasteiger partial charge in [-0.1, -0.05) is 12.1 Å². The third-order valence-corrected chi connectivity index (χ3v) is 2.96. The van der Waals surface area contributed by atoms with Crippen molar-refractivity contribution in [2.45, 2.75) is 33.4 Å². The normalized spacial score (nSPS) is 11.0. The van der Waals surface area contributed by atoms with E-state index in [4.69, 9.17) is 4.74 Å². The Labute approximate surface area is 122 Å². The molecule has 0 amide bonds. The molecule has 0 aliphatic rings. The summed E-state index contributed by atoms with van der Waals surface area (Å²) in [4.78, 5) is 11.3. The summed E-state index contributed by atoms with van der Waals surface area (Å²) in [5.74, 6) is -1.10. The molecular weight excluding hydrogens is 274 g/mol. The van der Waals surface area contributed by atoms with Gasteiger partial charge < -0.3 is 9.84 Å². The Morgan fingerprint density at radius 2 is 2.19 bits per heavy atom. The van der Waals surface area contributed by atoms with Crippen LogP contribution in [0.15, 0.2) is 12.4 Å². The number of carboxylic acids is 1. The van der Waals surface area contributed by atoms with Gasteiger partial charge in [-0.3, -0.25) is 4.68 Å². The highest BCUT2D eigenvalue weighted by atomic mass is 16.5. The van der Waals surface area contributed by atoms with Crippen LogP contribution in [-0.4, -0.2) is 49.1 Å². The number of nitrogens with zero attached hydrogens (tertiary/aromatic N) is 5. The molecular formula is C13H19N5O3. The second-order valence-electron chi connectivity index (χ2n) is 4.51. The van der Waals surface area contributed by atoms with Crippen molar-refractivity contribution in [3.05, 3.63) is 18.1 Å². The van der Waals surface area contributed by atoms with Gasteiger partial charge in [0.25, 0.3) is 0 Å². The highest BCUT2D eigenvalue weighted by Crippen LogP contribution is 2.21. The van der Waals surface area contributed by atoms with Gasteiger partial charge in [-0.15, -0.1) is 5.10 Å². The molecule has 0 saturated heterocycles. The second kappa shape index (κ2) is 6.98. The molecule has 2 aromatic rings. The van der Waals surface area contributed by atoms with Gasteiger partial charge in [0.1, 0.15) is 5.69 Å². The van der Waals surface area contributed by atoms with Gasteiger partial charge in [0.05, 0.1) is 19.3 Å². The van der Waals surface area contributed by atoms with Crippen LogP contribution in [0.1, 0.15) is 30.8 Å². The van der Waals surface area contributed by atoms with Crippen molar-refractivity contribution in [2.24, 2.45) is 0 Å². The van der Waals surface area contributed by atoms with Crippen molar-refractivity contribution in [3.8, 4) is 11.3 Å². The number of rotatable bonds is 8. The number of aromatic nitrogens is 5. The molecule has 0 aliphatic heterocycles. The first-order chi connectivity index (χ1) is 10.2. The first-order valence-electron chi connectivity index (χ1n) is 6.94. The summed E-state index contributed by atoms with van der Waals surface area (Å²) in [6.07, 6.45) is 4.35. The Morgan fingerprint density at radius 1 is 1.38 bits per heavy atom. The summed E-state index contributed by atoms with van der Waals surface area (Å²) in [7, 11) is 0. The molecule has 0 aromatic carbocycles. The van der Waals surface area contributed by atoms with E-state index in [9.17, 15) is 9.90 Å². The third kappa shape index (κ3) is 3.46. The minimum atomic E-state index is -1.10. The van der Waals surface area contributed by atoms with Crippen LogP contribution in [0.5, 0.6) is 0 Å². The average molecular weight is 293 g/mol. The first-order valence-corrected chi connectivity index (χ1v) is 6.94. The van der Waals surface area contributed by atoms with E-state index in [1.54, 1.807) is 21.8 Å². The Hall–Kier alpha value is -2.22. The van der Waals surface area contributed by atoms with E-state index >= 15 is 0 Å². The van der Waals surface area contributed by atoms with E-state index in [1.807, 2.05) is 13.8 Å². The van der Waals surface area contributed by atoms with Gasteiger partial charge in [-0.05, 0) is 13.3 Å². The maximum Gasteiger partial charge on any atom is 0.358 e. The maximum absolute atomic E-state index is 11.3. The number of carbonyl (C=O) groups is 1. The lowest BCUT2D eigenvalue weighted by Gasteiger charge is -2.06. The van der Waals surface area contributed by atoms with Crippen LogP contribution in [0.25, 0.3) is 11.3 Å². The van der Waals surface area contributed by atoms with E-state index in [0.717, 1.165) is 6.42 Å².